The van der Waals surface area contributed by atoms with Gasteiger partial charge in [0.15, 0.2) is 5.69 Å². The number of nitrogens with zero attached hydrogens (tertiary/aromatic N) is 1. The van der Waals surface area contributed by atoms with E-state index in [0.29, 0.717) is 12.3 Å². The van der Waals surface area contributed by atoms with Gasteiger partial charge in [-0.15, -0.1) is 11.3 Å². The van der Waals surface area contributed by atoms with Crippen LogP contribution in [0.5, 0.6) is 5.75 Å². The molecular formula is C18H21NO3S. The van der Waals surface area contributed by atoms with E-state index in [1.54, 1.807) is 5.38 Å². The van der Waals surface area contributed by atoms with Crippen molar-refractivity contribution in [3.05, 3.63) is 35.3 Å². The zero-order valence-corrected chi connectivity index (χ0v) is 14.1. The molecule has 2 aromatic rings. The van der Waals surface area contributed by atoms with Crippen LogP contribution >= 0.6 is 11.3 Å². The van der Waals surface area contributed by atoms with E-state index in [9.17, 15) is 4.79 Å². The molecule has 122 valence electrons. The van der Waals surface area contributed by atoms with Crippen LogP contribution in [0.4, 0.5) is 0 Å². The normalized spacial score (nSPS) is 15.3. The first-order chi connectivity index (χ1) is 11.3. The summed E-state index contributed by atoms with van der Waals surface area (Å²) < 4.78 is 11.0. The van der Waals surface area contributed by atoms with Crippen molar-refractivity contribution in [1.82, 2.24) is 4.98 Å². The van der Waals surface area contributed by atoms with E-state index in [-0.39, 0.29) is 12.1 Å². The summed E-state index contributed by atoms with van der Waals surface area (Å²) in [5.74, 6) is 0.537. The highest BCUT2D eigenvalue weighted by atomic mass is 32.1. The third-order valence-electron chi connectivity index (χ3n) is 3.95. The Kier molecular flexibility index (Phi) is 5.28. The number of hydrogen-bond acceptors (Lipinski definition) is 5. The number of ether oxygens (including phenoxy) is 2. The predicted octanol–water partition coefficient (Wildman–Crippen LogP) is 4.70. The summed E-state index contributed by atoms with van der Waals surface area (Å²) in [7, 11) is 0. The zero-order chi connectivity index (χ0) is 16.1. The topological polar surface area (TPSA) is 48.4 Å². The molecule has 1 aromatic carbocycles. The number of carbonyl (C=O) groups is 1. The number of esters is 1. The highest BCUT2D eigenvalue weighted by Gasteiger charge is 2.20. The lowest BCUT2D eigenvalue weighted by molar-refractivity contribution is 0.0205. The standard InChI is InChI=1S/C18H21NO3S/c1-2-21-14-10-8-13(9-11-14)17-19-16(12-23-17)18(20)22-15-6-4-3-5-7-15/h8-12,15H,2-7H2,1H3. The van der Waals surface area contributed by atoms with Crippen molar-refractivity contribution in [2.24, 2.45) is 0 Å². The lowest BCUT2D eigenvalue weighted by atomic mass is 9.98. The second-order valence-corrected chi connectivity index (χ2v) is 6.52. The van der Waals surface area contributed by atoms with Gasteiger partial charge in [-0.05, 0) is 56.9 Å². The number of thiazole rings is 1. The number of carbonyl (C=O) groups excluding carboxylic acids is 1. The highest BCUT2D eigenvalue weighted by molar-refractivity contribution is 7.13. The second-order valence-electron chi connectivity index (χ2n) is 5.66. The summed E-state index contributed by atoms with van der Waals surface area (Å²) in [5.41, 5.74) is 1.39. The van der Waals surface area contributed by atoms with Crippen LogP contribution in [0.3, 0.4) is 0 Å². The average Bonchev–Trinajstić information content (AvgIpc) is 3.07. The minimum Gasteiger partial charge on any atom is -0.494 e. The minimum absolute atomic E-state index is 0.0619. The second kappa shape index (κ2) is 7.59. The first kappa shape index (κ1) is 16.0. The molecule has 0 unspecified atom stereocenters. The molecule has 1 aliphatic rings. The molecule has 5 heteroatoms. The average molecular weight is 331 g/mol. The van der Waals surface area contributed by atoms with Crippen molar-refractivity contribution in [3.63, 3.8) is 0 Å². The number of benzene rings is 1. The van der Waals surface area contributed by atoms with E-state index in [1.807, 2.05) is 31.2 Å². The summed E-state index contributed by atoms with van der Waals surface area (Å²) >= 11 is 1.46. The molecule has 4 nitrogen and oxygen atoms in total. The molecular weight excluding hydrogens is 310 g/mol. The Labute approximate surface area is 140 Å². The molecule has 1 aliphatic carbocycles. The molecule has 3 rings (SSSR count). The van der Waals surface area contributed by atoms with Gasteiger partial charge in [-0.3, -0.25) is 0 Å². The van der Waals surface area contributed by atoms with E-state index in [0.717, 1.165) is 42.0 Å². The van der Waals surface area contributed by atoms with Crippen molar-refractivity contribution in [2.45, 2.75) is 45.1 Å². The van der Waals surface area contributed by atoms with Crippen LogP contribution in [-0.4, -0.2) is 23.7 Å². The van der Waals surface area contributed by atoms with Gasteiger partial charge in [0.2, 0.25) is 0 Å². The molecule has 1 fully saturated rings. The summed E-state index contributed by atoms with van der Waals surface area (Å²) in [6, 6.07) is 7.75. The van der Waals surface area contributed by atoms with Gasteiger partial charge < -0.3 is 9.47 Å². The van der Waals surface area contributed by atoms with Gasteiger partial charge in [0.25, 0.3) is 0 Å². The molecule has 0 saturated heterocycles. The lowest BCUT2D eigenvalue weighted by Gasteiger charge is -2.21. The summed E-state index contributed by atoms with van der Waals surface area (Å²) in [4.78, 5) is 16.6. The van der Waals surface area contributed by atoms with Crippen LogP contribution in [0.1, 0.15) is 49.5 Å². The van der Waals surface area contributed by atoms with Crippen LogP contribution < -0.4 is 4.74 Å². The van der Waals surface area contributed by atoms with Crippen molar-refractivity contribution in [2.75, 3.05) is 6.61 Å². The Morgan fingerprint density at radius 3 is 2.65 bits per heavy atom. The molecule has 0 radical (unpaired) electrons. The molecule has 0 aliphatic heterocycles. The maximum Gasteiger partial charge on any atom is 0.358 e. The molecule has 1 saturated carbocycles. The molecule has 0 N–H and O–H groups in total. The van der Waals surface area contributed by atoms with E-state index in [4.69, 9.17) is 9.47 Å². The Bertz CT molecular complexity index is 645. The van der Waals surface area contributed by atoms with E-state index in [1.165, 1.54) is 17.8 Å². The number of rotatable bonds is 5. The van der Waals surface area contributed by atoms with Gasteiger partial charge in [0.05, 0.1) is 6.61 Å². The lowest BCUT2D eigenvalue weighted by Crippen LogP contribution is -2.21. The smallest absolute Gasteiger partial charge is 0.358 e. The first-order valence-corrected chi connectivity index (χ1v) is 9.04. The van der Waals surface area contributed by atoms with Gasteiger partial charge in [0, 0.05) is 10.9 Å². The Balaban J connectivity index is 1.65. The molecule has 0 spiro atoms. The number of hydrogen-bond donors (Lipinski definition) is 0. The maximum atomic E-state index is 12.2. The van der Waals surface area contributed by atoms with Crippen molar-refractivity contribution >= 4 is 17.3 Å². The highest BCUT2D eigenvalue weighted by Crippen LogP contribution is 2.27. The monoisotopic (exact) mass is 331 g/mol. The van der Waals surface area contributed by atoms with Crippen LogP contribution in [-0.2, 0) is 4.74 Å². The van der Waals surface area contributed by atoms with Gasteiger partial charge in [-0.2, -0.15) is 0 Å². The van der Waals surface area contributed by atoms with Gasteiger partial charge in [0.1, 0.15) is 16.9 Å². The fourth-order valence-corrected chi connectivity index (χ4v) is 3.55. The zero-order valence-electron chi connectivity index (χ0n) is 13.3. The van der Waals surface area contributed by atoms with E-state index < -0.39 is 0 Å². The fourth-order valence-electron chi connectivity index (χ4n) is 2.76. The van der Waals surface area contributed by atoms with Crippen LogP contribution in [0.25, 0.3) is 10.6 Å². The van der Waals surface area contributed by atoms with Gasteiger partial charge >= 0.3 is 5.97 Å². The Morgan fingerprint density at radius 1 is 1.22 bits per heavy atom. The largest absolute Gasteiger partial charge is 0.494 e. The molecule has 0 bridgehead atoms. The van der Waals surface area contributed by atoms with Crippen molar-refractivity contribution in [1.29, 1.82) is 0 Å². The molecule has 1 aromatic heterocycles. The molecule has 0 amide bonds. The molecule has 23 heavy (non-hydrogen) atoms. The van der Waals surface area contributed by atoms with Crippen molar-refractivity contribution < 1.29 is 14.3 Å². The van der Waals surface area contributed by atoms with Gasteiger partial charge in [-0.1, -0.05) is 6.42 Å². The van der Waals surface area contributed by atoms with E-state index in [2.05, 4.69) is 4.98 Å². The predicted molar refractivity (Wildman–Crippen MR) is 91.0 cm³/mol. The van der Waals surface area contributed by atoms with Crippen LogP contribution in [0.15, 0.2) is 29.6 Å². The molecule has 1 heterocycles. The Hall–Kier alpha value is -1.88. The number of aromatic nitrogens is 1. The summed E-state index contributed by atoms with van der Waals surface area (Å²) in [5, 5.41) is 2.60. The van der Waals surface area contributed by atoms with Gasteiger partial charge in [-0.25, -0.2) is 9.78 Å². The summed E-state index contributed by atoms with van der Waals surface area (Å²) in [6.07, 6.45) is 5.54. The Morgan fingerprint density at radius 2 is 1.96 bits per heavy atom. The quantitative estimate of drug-likeness (QED) is 0.745. The van der Waals surface area contributed by atoms with Crippen molar-refractivity contribution in [3.8, 4) is 16.3 Å². The maximum absolute atomic E-state index is 12.2. The minimum atomic E-state index is -0.301. The first-order valence-electron chi connectivity index (χ1n) is 8.16. The van der Waals surface area contributed by atoms with Crippen LogP contribution in [0, 0.1) is 0 Å². The third kappa shape index (κ3) is 4.10. The fraction of sp³-hybridized carbons (Fsp3) is 0.444. The SMILES string of the molecule is CCOc1ccc(-c2nc(C(=O)OC3CCCCC3)cs2)cc1. The molecule has 0 atom stereocenters. The summed E-state index contributed by atoms with van der Waals surface area (Å²) in [6.45, 7) is 2.60. The van der Waals surface area contributed by atoms with Crippen LogP contribution in [0.2, 0.25) is 0 Å². The van der Waals surface area contributed by atoms with E-state index >= 15 is 0 Å². The third-order valence-corrected chi connectivity index (χ3v) is 4.84.